The van der Waals surface area contributed by atoms with Crippen molar-refractivity contribution >= 4 is 22.6 Å². The lowest BCUT2D eigenvalue weighted by molar-refractivity contribution is -0.137. The summed E-state index contributed by atoms with van der Waals surface area (Å²) in [6.07, 6.45) is 0.519. The van der Waals surface area contributed by atoms with Gasteiger partial charge >= 0.3 is 6.18 Å². The number of amides is 1. The first-order valence-corrected chi connectivity index (χ1v) is 14.2. The van der Waals surface area contributed by atoms with Gasteiger partial charge in [0.25, 0.3) is 5.91 Å². The van der Waals surface area contributed by atoms with E-state index in [2.05, 4.69) is 6.07 Å². The number of carbonyl (C=O) groups is 2. The minimum absolute atomic E-state index is 0.0424. The van der Waals surface area contributed by atoms with Crippen molar-refractivity contribution in [3.8, 4) is 17.6 Å². The molecular formula is C33H31F3N4O3. The lowest BCUT2D eigenvalue weighted by atomic mass is 9.96. The number of piperidine rings is 1. The third kappa shape index (κ3) is 7.05. The molecule has 3 aromatic carbocycles. The van der Waals surface area contributed by atoms with Gasteiger partial charge < -0.3 is 9.64 Å². The Morgan fingerprint density at radius 2 is 1.65 bits per heavy atom. The molecule has 0 unspecified atom stereocenters. The fourth-order valence-electron chi connectivity index (χ4n) is 5.42. The van der Waals surface area contributed by atoms with Gasteiger partial charge in [-0.1, -0.05) is 0 Å². The minimum Gasteiger partial charge on any atom is -0.457 e. The molecule has 0 atom stereocenters. The number of fused-ring (bicyclic) bond motifs is 1. The maximum Gasteiger partial charge on any atom is 0.416 e. The highest BCUT2D eigenvalue weighted by molar-refractivity contribution is 6.01. The molecule has 4 aromatic rings. The maximum atomic E-state index is 13.1. The van der Waals surface area contributed by atoms with Crippen LogP contribution in [0.4, 0.5) is 13.2 Å². The van der Waals surface area contributed by atoms with Crippen LogP contribution in [0, 0.1) is 24.2 Å². The summed E-state index contributed by atoms with van der Waals surface area (Å²) in [6.45, 7) is 3.89. The molecule has 2 heterocycles. The second kappa shape index (κ2) is 12.7. The number of benzene rings is 3. The van der Waals surface area contributed by atoms with Crippen LogP contribution in [0.15, 0.2) is 66.9 Å². The number of aryl methyl sites for hydroxylation is 1. The first-order chi connectivity index (χ1) is 20.6. The number of hydrogen-bond donors (Lipinski definition) is 0. The third-order valence-corrected chi connectivity index (χ3v) is 7.86. The Balaban J connectivity index is 1.14. The molecule has 1 aliphatic heterocycles. The molecule has 1 fully saturated rings. The zero-order chi connectivity index (χ0) is 30.6. The highest BCUT2D eigenvalue weighted by Gasteiger charge is 2.30. The highest BCUT2D eigenvalue weighted by Crippen LogP contribution is 2.32. The normalized spacial score (nSPS) is 14.1. The van der Waals surface area contributed by atoms with Crippen molar-refractivity contribution in [1.82, 2.24) is 14.7 Å². The summed E-state index contributed by atoms with van der Waals surface area (Å²) in [5.74, 6) is 1.01. The molecule has 5 rings (SSSR count). The summed E-state index contributed by atoms with van der Waals surface area (Å²) in [5, 5.41) is 14.4. The number of likely N-dealkylation sites (tertiary alicyclic amines) is 1. The number of aromatic nitrogens is 2. The van der Waals surface area contributed by atoms with Crippen LogP contribution in [0.3, 0.4) is 0 Å². The van der Waals surface area contributed by atoms with E-state index in [1.54, 1.807) is 24.3 Å². The molecule has 0 spiro atoms. The molecule has 1 amide bonds. The van der Waals surface area contributed by atoms with E-state index in [9.17, 15) is 22.8 Å². The minimum atomic E-state index is -4.41. The number of nitrogens with zero attached hydrogens (tertiary/aromatic N) is 4. The van der Waals surface area contributed by atoms with Gasteiger partial charge in [-0.25, -0.2) is 0 Å². The SMILES string of the molecule is Cc1c(C(=O)CCCC#N)ccc2nn(CC3CCN(C(=O)c4ccc(Oc5ccc(C(F)(F)F)cc5)cc4)CC3)cc12. The lowest BCUT2D eigenvalue weighted by Gasteiger charge is -2.32. The number of carbonyl (C=O) groups excluding carboxylic acids is 2. The molecular weight excluding hydrogens is 557 g/mol. The van der Waals surface area contributed by atoms with Gasteiger partial charge in [0.15, 0.2) is 5.78 Å². The van der Waals surface area contributed by atoms with Crippen LogP contribution < -0.4 is 4.74 Å². The Morgan fingerprint density at radius 3 is 2.28 bits per heavy atom. The number of halogens is 3. The van der Waals surface area contributed by atoms with Gasteiger partial charge in [-0.05, 0) is 98.3 Å². The predicted molar refractivity (Wildman–Crippen MR) is 155 cm³/mol. The van der Waals surface area contributed by atoms with Crippen molar-refractivity contribution < 1.29 is 27.5 Å². The molecule has 1 aromatic heterocycles. The summed E-state index contributed by atoms with van der Waals surface area (Å²) >= 11 is 0. The number of rotatable bonds is 9. The van der Waals surface area contributed by atoms with E-state index in [4.69, 9.17) is 15.1 Å². The summed E-state index contributed by atoms with van der Waals surface area (Å²) in [4.78, 5) is 27.6. The van der Waals surface area contributed by atoms with E-state index < -0.39 is 11.7 Å². The molecule has 0 radical (unpaired) electrons. The van der Waals surface area contributed by atoms with Gasteiger partial charge in [0, 0.05) is 55.2 Å². The number of ether oxygens (including phenoxy) is 1. The zero-order valence-electron chi connectivity index (χ0n) is 23.7. The Hall–Kier alpha value is -4.65. The van der Waals surface area contributed by atoms with Gasteiger partial charge in [-0.3, -0.25) is 14.3 Å². The standard InChI is InChI=1S/C33H31F3N4O3/c1-22-28(31(41)4-2-3-17-37)13-14-30-29(22)21-40(38-30)20-23-15-18-39(19-16-23)32(42)24-5-9-26(10-6-24)43-27-11-7-25(8-12-27)33(34,35)36/h5-14,21,23H,2-4,15-16,18-20H2,1H3. The number of hydrogen-bond acceptors (Lipinski definition) is 5. The van der Waals surface area contributed by atoms with E-state index in [1.165, 1.54) is 12.1 Å². The Morgan fingerprint density at radius 1 is 1.00 bits per heavy atom. The molecule has 1 aliphatic rings. The summed E-state index contributed by atoms with van der Waals surface area (Å²) in [5.41, 5.74) is 2.19. The van der Waals surface area contributed by atoms with Crippen LogP contribution in [-0.2, 0) is 12.7 Å². The van der Waals surface area contributed by atoms with Gasteiger partial charge in [-0.15, -0.1) is 0 Å². The predicted octanol–water partition coefficient (Wildman–Crippen LogP) is 7.58. The van der Waals surface area contributed by atoms with Crippen molar-refractivity contribution in [2.45, 2.75) is 51.7 Å². The number of unbranched alkanes of at least 4 members (excludes halogenated alkanes) is 1. The first kappa shape index (κ1) is 29.8. The average Bonchev–Trinajstić information content (AvgIpc) is 3.41. The second-order valence-corrected chi connectivity index (χ2v) is 10.8. The van der Waals surface area contributed by atoms with Crippen molar-refractivity contribution in [3.05, 3.63) is 89.1 Å². The molecule has 7 nitrogen and oxygen atoms in total. The molecule has 10 heteroatoms. The number of alkyl halides is 3. The second-order valence-electron chi connectivity index (χ2n) is 10.8. The lowest BCUT2D eigenvalue weighted by Crippen LogP contribution is -2.39. The zero-order valence-corrected chi connectivity index (χ0v) is 23.7. The van der Waals surface area contributed by atoms with E-state index in [0.717, 1.165) is 48.0 Å². The first-order valence-electron chi connectivity index (χ1n) is 14.2. The molecule has 1 saturated heterocycles. The van der Waals surface area contributed by atoms with Crippen molar-refractivity contribution in [3.63, 3.8) is 0 Å². The maximum absolute atomic E-state index is 13.1. The van der Waals surface area contributed by atoms with Crippen molar-refractivity contribution in [2.24, 2.45) is 5.92 Å². The number of Topliss-reactive ketones (excluding diaryl/α,β-unsaturated/α-hetero) is 1. The van der Waals surface area contributed by atoms with Crippen molar-refractivity contribution in [2.75, 3.05) is 13.1 Å². The number of nitriles is 1. The summed E-state index contributed by atoms with van der Waals surface area (Å²) in [6, 6.07) is 16.8. The molecule has 0 aliphatic carbocycles. The average molecular weight is 589 g/mol. The summed E-state index contributed by atoms with van der Waals surface area (Å²) < 4.78 is 45.9. The molecule has 0 N–H and O–H groups in total. The van der Waals surface area contributed by atoms with Crippen LogP contribution in [0.2, 0.25) is 0 Å². The number of ketones is 1. The van der Waals surface area contributed by atoms with E-state index in [1.807, 2.05) is 34.8 Å². The fourth-order valence-corrected chi connectivity index (χ4v) is 5.42. The molecule has 0 bridgehead atoms. The fraction of sp³-hybridized carbons (Fsp3) is 0.333. The Labute approximate surface area is 247 Å². The monoisotopic (exact) mass is 588 g/mol. The van der Waals surface area contributed by atoms with E-state index in [0.29, 0.717) is 55.1 Å². The van der Waals surface area contributed by atoms with Crippen LogP contribution in [0.5, 0.6) is 11.5 Å². The van der Waals surface area contributed by atoms with Crippen LogP contribution in [-0.4, -0.2) is 39.5 Å². The van der Waals surface area contributed by atoms with E-state index in [-0.39, 0.29) is 17.4 Å². The van der Waals surface area contributed by atoms with Gasteiger partial charge in [0.05, 0.1) is 17.1 Å². The summed E-state index contributed by atoms with van der Waals surface area (Å²) in [7, 11) is 0. The van der Waals surface area contributed by atoms with Crippen molar-refractivity contribution in [1.29, 1.82) is 5.26 Å². The van der Waals surface area contributed by atoms with Gasteiger partial charge in [0.1, 0.15) is 11.5 Å². The Kier molecular flexibility index (Phi) is 8.81. The Bertz CT molecular complexity index is 1650. The van der Waals surface area contributed by atoms with Gasteiger partial charge in [0.2, 0.25) is 0 Å². The largest absolute Gasteiger partial charge is 0.457 e. The van der Waals surface area contributed by atoms with Gasteiger partial charge in [-0.2, -0.15) is 23.5 Å². The van der Waals surface area contributed by atoms with Crippen LogP contribution in [0.25, 0.3) is 10.9 Å². The van der Waals surface area contributed by atoms with Crippen LogP contribution in [0.1, 0.15) is 63.9 Å². The highest BCUT2D eigenvalue weighted by atomic mass is 19.4. The third-order valence-electron chi connectivity index (χ3n) is 7.86. The quantitative estimate of drug-likeness (QED) is 0.149. The smallest absolute Gasteiger partial charge is 0.416 e. The van der Waals surface area contributed by atoms with Crippen LogP contribution >= 0.6 is 0 Å². The molecule has 43 heavy (non-hydrogen) atoms. The van der Waals surface area contributed by atoms with E-state index >= 15 is 0 Å². The molecule has 222 valence electrons. The molecule has 0 saturated carbocycles. The topological polar surface area (TPSA) is 88.2 Å².